The number of halogens is 2. The summed E-state index contributed by atoms with van der Waals surface area (Å²) >= 11 is 12.4. The first-order valence-corrected chi connectivity index (χ1v) is 7.76. The number of unbranched alkanes of at least 4 members (excludes halogenated alkanes) is 2. The fourth-order valence-electron chi connectivity index (χ4n) is 1.83. The number of hydrogen-bond acceptors (Lipinski definition) is 3. The van der Waals surface area contributed by atoms with Crippen LogP contribution in [-0.4, -0.2) is 24.4 Å². The third-order valence-corrected chi connectivity index (χ3v) is 3.31. The van der Waals surface area contributed by atoms with Crippen LogP contribution in [0.2, 0.25) is 10.0 Å². The molecule has 1 aromatic rings. The summed E-state index contributed by atoms with van der Waals surface area (Å²) in [5.41, 5.74) is 1.04. The molecule has 2 N–H and O–H groups in total. The average Bonchev–Trinajstić information content (AvgIpc) is 2.38. The fourth-order valence-corrected chi connectivity index (χ4v) is 2.46. The van der Waals surface area contributed by atoms with E-state index in [9.17, 15) is 0 Å². The molecule has 0 bridgehead atoms. The number of aliphatic hydroxyl groups excluding tert-OH is 1. The molecule has 0 heterocycles. The van der Waals surface area contributed by atoms with Gasteiger partial charge in [-0.2, -0.15) is 0 Å². The largest absolute Gasteiger partial charge is 0.488 e. The molecule has 0 radical (unpaired) electrons. The van der Waals surface area contributed by atoms with Crippen molar-refractivity contribution in [2.24, 2.45) is 0 Å². The highest BCUT2D eigenvalue weighted by molar-refractivity contribution is 6.37. The van der Waals surface area contributed by atoms with Crippen molar-refractivity contribution >= 4 is 23.2 Å². The molecule has 20 heavy (non-hydrogen) atoms. The Morgan fingerprint density at radius 2 is 1.80 bits per heavy atom. The van der Waals surface area contributed by atoms with E-state index in [1.807, 2.05) is 26.0 Å². The minimum Gasteiger partial charge on any atom is -0.488 e. The summed E-state index contributed by atoms with van der Waals surface area (Å²) in [6.07, 6.45) is 2.99. The predicted octanol–water partition coefficient (Wildman–Crippen LogP) is 4.03. The average molecular weight is 320 g/mol. The van der Waals surface area contributed by atoms with Gasteiger partial charge in [-0.05, 0) is 57.4 Å². The van der Waals surface area contributed by atoms with E-state index in [0.717, 1.165) is 37.9 Å². The molecule has 0 amide bonds. The quantitative estimate of drug-likeness (QED) is 0.675. The Labute approximate surface area is 131 Å². The zero-order valence-electron chi connectivity index (χ0n) is 12.1. The molecule has 0 fully saturated rings. The topological polar surface area (TPSA) is 41.5 Å². The van der Waals surface area contributed by atoms with Gasteiger partial charge in [-0.15, -0.1) is 0 Å². The van der Waals surface area contributed by atoms with Crippen LogP contribution in [0.15, 0.2) is 12.1 Å². The van der Waals surface area contributed by atoms with Gasteiger partial charge in [-0.1, -0.05) is 23.2 Å². The van der Waals surface area contributed by atoms with Gasteiger partial charge < -0.3 is 15.2 Å². The molecule has 0 saturated carbocycles. The summed E-state index contributed by atoms with van der Waals surface area (Å²) in [7, 11) is 0. The smallest absolute Gasteiger partial charge is 0.156 e. The van der Waals surface area contributed by atoms with E-state index >= 15 is 0 Å². The van der Waals surface area contributed by atoms with E-state index in [2.05, 4.69) is 5.32 Å². The highest BCUT2D eigenvalue weighted by Crippen LogP contribution is 2.34. The van der Waals surface area contributed by atoms with Crippen molar-refractivity contribution < 1.29 is 9.84 Å². The van der Waals surface area contributed by atoms with Crippen LogP contribution in [0.1, 0.15) is 38.7 Å². The number of ether oxygens (including phenoxy) is 1. The van der Waals surface area contributed by atoms with Crippen LogP contribution in [0.25, 0.3) is 0 Å². The molecule has 5 heteroatoms. The summed E-state index contributed by atoms with van der Waals surface area (Å²) in [5.74, 6) is 0.551. The summed E-state index contributed by atoms with van der Waals surface area (Å²) < 4.78 is 5.59. The molecule has 0 saturated heterocycles. The van der Waals surface area contributed by atoms with Crippen molar-refractivity contribution in [2.45, 2.75) is 45.8 Å². The highest BCUT2D eigenvalue weighted by atomic mass is 35.5. The molecule has 1 rings (SSSR count). The van der Waals surface area contributed by atoms with Gasteiger partial charge in [0.25, 0.3) is 0 Å². The lowest BCUT2D eigenvalue weighted by Gasteiger charge is -2.14. The number of nitrogens with one attached hydrogen (secondary N) is 1. The molecule has 0 aliphatic heterocycles. The number of rotatable bonds is 9. The van der Waals surface area contributed by atoms with Crippen LogP contribution >= 0.6 is 23.2 Å². The minimum absolute atomic E-state index is 0.0421. The highest BCUT2D eigenvalue weighted by Gasteiger charge is 2.11. The monoisotopic (exact) mass is 319 g/mol. The van der Waals surface area contributed by atoms with Crippen molar-refractivity contribution in [2.75, 3.05) is 13.2 Å². The van der Waals surface area contributed by atoms with E-state index in [1.165, 1.54) is 0 Å². The third-order valence-electron chi connectivity index (χ3n) is 2.75. The second-order valence-electron chi connectivity index (χ2n) is 5.02. The van der Waals surface area contributed by atoms with Crippen LogP contribution in [0, 0.1) is 0 Å². The van der Waals surface area contributed by atoms with Crippen molar-refractivity contribution in [3.8, 4) is 5.75 Å². The summed E-state index contributed by atoms with van der Waals surface area (Å²) in [5, 5.41) is 13.1. The first-order valence-electron chi connectivity index (χ1n) is 7.00. The number of benzene rings is 1. The Balaban J connectivity index is 2.47. The van der Waals surface area contributed by atoms with E-state index in [1.54, 1.807) is 0 Å². The van der Waals surface area contributed by atoms with Crippen molar-refractivity contribution in [1.29, 1.82) is 0 Å². The second kappa shape index (κ2) is 9.46. The van der Waals surface area contributed by atoms with Gasteiger partial charge in [0.1, 0.15) is 0 Å². The van der Waals surface area contributed by atoms with Crippen LogP contribution in [-0.2, 0) is 6.54 Å². The lowest BCUT2D eigenvalue weighted by molar-refractivity contribution is 0.242. The van der Waals surface area contributed by atoms with Gasteiger partial charge >= 0.3 is 0 Å². The van der Waals surface area contributed by atoms with E-state index in [4.69, 9.17) is 33.0 Å². The van der Waals surface area contributed by atoms with Crippen LogP contribution < -0.4 is 10.1 Å². The van der Waals surface area contributed by atoms with Gasteiger partial charge in [0.15, 0.2) is 5.75 Å². The number of hydrogen-bond donors (Lipinski definition) is 2. The van der Waals surface area contributed by atoms with Gasteiger partial charge in [0, 0.05) is 13.2 Å². The van der Waals surface area contributed by atoms with Gasteiger partial charge in [0.2, 0.25) is 0 Å². The van der Waals surface area contributed by atoms with Crippen LogP contribution in [0.4, 0.5) is 0 Å². The molecule has 1 aromatic carbocycles. The lowest BCUT2D eigenvalue weighted by atomic mass is 10.2. The lowest BCUT2D eigenvalue weighted by Crippen LogP contribution is -2.15. The molecule has 0 aromatic heterocycles. The Kier molecular flexibility index (Phi) is 8.31. The molecular formula is C15H23Cl2NO2. The first kappa shape index (κ1) is 17.6. The Hall–Kier alpha value is -0.480. The van der Waals surface area contributed by atoms with Crippen LogP contribution in [0.5, 0.6) is 5.75 Å². The standard InChI is InChI=1S/C15H23Cl2NO2/c1-11(2)20-15-13(16)8-12(9-14(15)17)10-18-6-4-3-5-7-19/h8-9,11,18-19H,3-7,10H2,1-2H3. The number of aliphatic hydroxyl groups is 1. The SMILES string of the molecule is CC(C)Oc1c(Cl)cc(CNCCCCCO)cc1Cl. The summed E-state index contributed by atoms with van der Waals surface area (Å²) in [6.45, 7) is 5.78. The third kappa shape index (κ3) is 6.31. The Morgan fingerprint density at radius 3 is 2.35 bits per heavy atom. The van der Waals surface area contributed by atoms with E-state index in [-0.39, 0.29) is 12.7 Å². The fraction of sp³-hybridized carbons (Fsp3) is 0.600. The summed E-state index contributed by atoms with van der Waals surface area (Å²) in [6, 6.07) is 3.76. The minimum atomic E-state index is 0.0421. The maximum absolute atomic E-state index is 8.69. The first-order chi connectivity index (χ1) is 9.54. The normalized spacial score (nSPS) is 11.1. The predicted molar refractivity (Wildman–Crippen MR) is 84.9 cm³/mol. The van der Waals surface area contributed by atoms with Crippen molar-refractivity contribution in [3.05, 3.63) is 27.7 Å². The molecule has 0 atom stereocenters. The molecule has 3 nitrogen and oxygen atoms in total. The maximum atomic E-state index is 8.69. The zero-order valence-corrected chi connectivity index (χ0v) is 13.6. The molecule has 0 unspecified atom stereocenters. The zero-order chi connectivity index (χ0) is 15.0. The van der Waals surface area contributed by atoms with Gasteiger partial charge in [-0.3, -0.25) is 0 Å². The van der Waals surface area contributed by atoms with Crippen molar-refractivity contribution in [1.82, 2.24) is 5.32 Å². The van der Waals surface area contributed by atoms with Gasteiger partial charge in [-0.25, -0.2) is 0 Å². The Morgan fingerprint density at radius 1 is 1.15 bits per heavy atom. The van der Waals surface area contributed by atoms with E-state index in [0.29, 0.717) is 15.8 Å². The van der Waals surface area contributed by atoms with Crippen molar-refractivity contribution in [3.63, 3.8) is 0 Å². The van der Waals surface area contributed by atoms with Crippen LogP contribution in [0.3, 0.4) is 0 Å². The molecule has 114 valence electrons. The molecule has 0 spiro atoms. The molecule has 0 aliphatic rings. The second-order valence-corrected chi connectivity index (χ2v) is 5.83. The summed E-state index contributed by atoms with van der Waals surface area (Å²) in [4.78, 5) is 0. The van der Waals surface area contributed by atoms with Gasteiger partial charge in [0.05, 0.1) is 16.1 Å². The van der Waals surface area contributed by atoms with E-state index < -0.39 is 0 Å². The molecule has 0 aliphatic carbocycles. The maximum Gasteiger partial charge on any atom is 0.156 e. The Bertz CT molecular complexity index is 388. The molecular weight excluding hydrogens is 297 g/mol.